The van der Waals surface area contributed by atoms with Crippen LogP contribution in [0.3, 0.4) is 0 Å². The molecule has 2 amide bonds. The summed E-state index contributed by atoms with van der Waals surface area (Å²) in [6.07, 6.45) is 0. The normalized spacial score (nSPS) is 10.4. The van der Waals surface area contributed by atoms with Crippen molar-refractivity contribution in [2.75, 3.05) is 5.32 Å². The average molecular weight is 398 g/mol. The van der Waals surface area contributed by atoms with Crippen LogP contribution < -0.4 is 10.6 Å². The van der Waals surface area contributed by atoms with Gasteiger partial charge < -0.3 is 10.6 Å². The highest BCUT2D eigenvalue weighted by atomic mass is 35.5. The molecule has 0 radical (unpaired) electrons. The summed E-state index contributed by atoms with van der Waals surface area (Å²) in [5.41, 5.74) is 2.39. The van der Waals surface area contributed by atoms with Crippen molar-refractivity contribution < 1.29 is 14.0 Å². The molecule has 0 saturated heterocycles. The molecule has 1 heterocycles. The van der Waals surface area contributed by atoms with Gasteiger partial charge in [-0.05, 0) is 54.4 Å². The van der Waals surface area contributed by atoms with Crippen LogP contribution in [0.15, 0.2) is 60.7 Å². The molecule has 5 nitrogen and oxygen atoms in total. The maximum atomic E-state index is 12.9. The fraction of sp³-hybridized carbons (Fsp3) is 0.0952. The molecular formula is C21H17ClFN3O2. The molecular weight excluding hydrogens is 381 g/mol. The minimum Gasteiger partial charge on any atom is -0.347 e. The third-order valence-corrected chi connectivity index (χ3v) is 4.26. The molecule has 0 unspecified atom stereocenters. The van der Waals surface area contributed by atoms with E-state index >= 15 is 0 Å². The Hall–Kier alpha value is -3.25. The van der Waals surface area contributed by atoms with E-state index in [0.29, 0.717) is 10.7 Å². The average Bonchev–Trinajstić information content (AvgIpc) is 2.70. The molecule has 1 aromatic heterocycles. The number of carbonyl (C=O) groups excluding carboxylic acids is 2. The first kappa shape index (κ1) is 19.5. The van der Waals surface area contributed by atoms with Crippen molar-refractivity contribution in [3.05, 3.63) is 94.0 Å². The van der Waals surface area contributed by atoms with E-state index in [2.05, 4.69) is 15.6 Å². The predicted molar refractivity (Wildman–Crippen MR) is 106 cm³/mol. The molecule has 0 saturated carbocycles. The Morgan fingerprint density at radius 1 is 1.00 bits per heavy atom. The zero-order chi connectivity index (χ0) is 20.1. The number of aryl methyl sites for hydroxylation is 1. The first-order chi connectivity index (χ1) is 13.4. The van der Waals surface area contributed by atoms with E-state index in [0.717, 1.165) is 11.1 Å². The van der Waals surface area contributed by atoms with E-state index in [1.165, 1.54) is 24.3 Å². The molecule has 0 aliphatic carbocycles. The van der Waals surface area contributed by atoms with Crippen molar-refractivity contribution >= 4 is 29.1 Å². The summed E-state index contributed by atoms with van der Waals surface area (Å²) in [5, 5.41) is 5.94. The number of benzene rings is 2. The lowest BCUT2D eigenvalue weighted by atomic mass is 10.2. The topological polar surface area (TPSA) is 71.1 Å². The van der Waals surface area contributed by atoms with Crippen LogP contribution in [0.5, 0.6) is 0 Å². The zero-order valence-corrected chi connectivity index (χ0v) is 15.8. The van der Waals surface area contributed by atoms with Crippen molar-refractivity contribution in [2.24, 2.45) is 0 Å². The Bertz CT molecular complexity index is 1020. The summed E-state index contributed by atoms with van der Waals surface area (Å²) in [7, 11) is 0. The smallest absolute Gasteiger partial charge is 0.274 e. The summed E-state index contributed by atoms with van der Waals surface area (Å²) in [6.45, 7) is 2.07. The molecule has 2 N–H and O–H groups in total. The van der Waals surface area contributed by atoms with Gasteiger partial charge in [-0.25, -0.2) is 9.37 Å². The molecule has 3 aromatic rings. The van der Waals surface area contributed by atoms with Crippen molar-refractivity contribution in [3.8, 4) is 0 Å². The van der Waals surface area contributed by atoms with Crippen LogP contribution in [0.4, 0.5) is 10.1 Å². The predicted octanol–water partition coefficient (Wildman–Crippen LogP) is 4.36. The van der Waals surface area contributed by atoms with Crippen LogP contribution in [0.25, 0.3) is 0 Å². The van der Waals surface area contributed by atoms with Gasteiger partial charge in [0.05, 0.1) is 0 Å². The quantitative estimate of drug-likeness (QED) is 0.671. The number of carbonyl (C=O) groups is 2. The SMILES string of the molecule is Cc1ccc(Cl)cc1NC(=O)c1cccc(C(=O)NCc2ccc(F)cc2)n1. The van der Waals surface area contributed by atoms with E-state index < -0.39 is 11.8 Å². The molecule has 142 valence electrons. The number of hydrogen-bond donors (Lipinski definition) is 2. The Balaban J connectivity index is 1.68. The van der Waals surface area contributed by atoms with Gasteiger partial charge >= 0.3 is 0 Å². The molecule has 0 aliphatic heterocycles. The molecule has 0 fully saturated rings. The number of hydrogen-bond acceptors (Lipinski definition) is 3. The van der Waals surface area contributed by atoms with Gasteiger partial charge in [0.2, 0.25) is 0 Å². The highest BCUT2D eigenvalue weighted by molar-refractivity contribution is 6.31. The molecule has 7 heteroatoms. The summed E-state index contributed by atoms with van der Waals surface area (Å²) in [5.74, 6) is -1.22. The first-order valence-corrected chi connectivity index (χ1v) is 8.87. The van der Waals surface area contributed by atoms with Gasteiger partial charge in [-0.3, -0.25) is 9.59 Å². The second-order valence-electron chi connectivity index (χ2n) is 6.13. The largest absolute Gasteiger partial charge is 0.347 e. The molecule has 28 heavy (non-hydrogen) atoms. The molecule has 0 spiro atoms. The van der Waals surface area contributed by atoms with Crippen LogP contribution in [0, 0.1) is 12.7 Å². The summed E-state index contributed by atoms with van der Waals surface area (Å²) in [4.78, 5) is 28.9. The second kappa shape index (κ2) is 8.63. The van der Waals surface area contributed by atoms with Gasteiger partial charge in [0.25, 0.3) is 11.8 Å². The van der Waals surface area contributed by atoms with E-state index in [-0.39, 0.29) is 23.7 Å². The summed E-state index contributed by atoms with van der Waals surface area (Å²) in [6, 6.07) is 15.6. The van der Waals surface area contributed by atoms with Gasteiger partial charge in [-0.1, -0.05) is 35.9 Å². The number of amides is 2. The maximum Gasteiger partial charge on any atom is 0.274 e. The molecule has 2 aromatic carbocycles. The van der Waals surface area contributed by atoms with Crippen LogP contribution in [0.2, 0.25) is 5.02 Å². The van der Waals surface area contributed by atoms with Crippen molar-refractivity contribution in [3.63, 3.8) is 0 Å². The Morgan fingerprint density at radius 2 is 1.68 bits per heavy atom. The zero-order valence-electron chi connectivity index (χ0n) is 15.0. The van der Waals surface area contributed by atoms with Gasteiger partial charge in [-0.2, -0.15) is 0 Å². The number of pyridine rings is 1. The van der Waals surface area contributed by atoms with Crippen LogP contribution >= 0.6 is 11.6 Å². The standard InChI is InChI=1S/C21H17ClFN3O2/c1-13-5-8-15(22)11-19(13)26-21(28)18-4-2-3-17(25-18)20(27)24-12-14-6-9-16(23)10-7-14/h2-11H,12H2,1H3,(H,24,27)(H,26,28). The molecule has 3 rings (SSSR count). The number of halogens is 2. The minimum absolute atomic E-state index is 0.105. The third kappa shape index (κ3) is 4.92. The highest BCUT2D eigenvalue weighted by Crippen LogP contribution is 2.20. The lowest BCUT2D eigenvalue weighted by Crippen LogP contribution is -2.25. The molecule has 0 aliphatic rings. The van der Waals surface area contributed by atoms with Crippen LogP contribution in [-0.2, 0) is 6.54 Å². The van der Waals surface area contributed by atoms with Gasteiger partial charge in [0, 0.05) is 17.3 Å². The molecule has 0 bridgehead atoms. The van der Waals surface area contributed by atoms with E-state index in [1.54, 1.807) is 36.4 Å². The lowest BCUT2D eigenvalue weighted by Gasteiger charge is -2.09. The van der Waals surface area contributed by atoms with Gasteiger partial charge in [-0.15, -0.1) is 0 Å². The fourth-order valence-electron chi connectivity index (χ4n) is 2.48. The maximum absolute atomic E-state index is 12.9. The van der Waals surface area contributed by atoms with Crippen LogP contribution in [0.1, 0.15) is 32.1 Å². The summed E-state index contributed by atoms with van der Waals surface area (Å²) >= 11 is 5.97. The highest BCUT2D eigenvalue weighted by Gasteiger charge is 2.13. The van der Waals surface area contributed by atoms with Crippen molar-refractivity contribution in [2.45, 2.75) is 13.5 Å². The number of anilines is 1. The molecule has 0 atom stereocenters. The van der Waals surface area contributed by atoms with Crippen molar-refractivity contribution in [1.82, 2.24) is 10.3 Å². The van der Waals surface area contributed by atoms with Crippen LogP contribution in [-0.4, -0.2) is 16.8 Å². The van der Waals surface area contributed by atoms with E-state index in [1.807, 2.05) is 6.92 Å². The van der Waals surface area contributed by atoms with Gasteiger partial charge in [0.15, 0.2) is 0 Å². The monoisotopic (exact) mass is 397 g/mol. The number of aromatic nitrogens is 1. The summed E-state index contributed by atoms with van der Waals surface area (Å²) < 4.78 is 12.9. The lowest BCUT2D eigenvalue weighted by molar-refractivity contribution is 0.0945. The van der Waals surface area contributed by atoms with E-state index in [4.69, 9.17) is 11.6 Å². The van der Waals surface area contributed by atoms with Crippen molar-refractivity contribution in [1.29, 1.82) is 0 Å². The first-order valence-electron chi connectivity index (χ1n) is 8.49. The fourth-order valence-corrected chi connectivity index (χ4v) is 2.65. The number of nitrogens with one attached hydrogen (secondary N) is 2. The minimum atomic E-state index is -0.446. The van der Waals surface area contributed by atoms with E-state index in [9.17, 15) is 14.0 Å². The second-order valence-corrected chi connectivity index (χ2v) is 6.57. The number of nitrogens with zero attached hydrogens (tertiary/aromatic N) is 1. The number of rotatable bonds is 5. The Morgan fingerprint density at radius 3 is 2.39 bits per heavy atom. The van der Waals surface area contributed by atoms with Gasteiger partial charge in [0.1, 0.15) is 17.2 Å². The Labute approximate surface area is 166 Å². The third-order valence-electron chi connectivity index (χ3n) is 4.03. The Kier molecular flexibility index (Phi) is 6.01.